The van der Waals surface area contributed by atoms with E-state index in [1.807, 2.05) is 6.92 Å². The number of nitrogens with one attached hydrogen (secondary N) is 1. The van der Waals surface area contributed by atoms with E-state index in [1.54, 1.807) is 0 Å². The van der Waals surface area contributed by atoms with Crippen LogP contribution in [0.3, 0.4) is 0 Å². The fraction of sp³-hybridized carbons (Fsp3) is 0.562. The van der Waals surface area contributed by atoms with Gasteiger partial charge in [-0.05, 0) is 12.5 Å². The lowest BCUT2D eigenvalue weighted by Crippen LogP contribution is -2.50. The molecule has 5 nitrogen and oxygen atoms in total. The van der Waals surface area contributed by atoms with Gasteiger partial charge in [-0.25, -0.2) is 4.79 Å². The number of rotatable bonds is 5. The van der Waals surface area contributed by atoms with Crippen LogP contribution in [0.15, 0.2) is 30.3 Å². The van der Waals surface area contributed by atoms with Gasteiger partial charge >= 0.3 is 6.09 Å². The number of methoxy groups -OCH3 is 1. The highest BCUT2D eigenvalue weighted by molar-refractivity contribution is 5.67. The van der Waals surface area contributed by atoms with E-state index in [1.165, 1.54) is 12.7 Å². The van der Waals surface area contributed by atoms with Crippen molar-refractivity contribution < 1.29 is 9.53 Å². The average molecular weight is 291 g/mol. The minimum atomic E-state index is -0.356. The number of ether oxygens (including phenoxy) is 1. The number of benzene rings is 1. The molecule has 1 fully saturated rings. The molecule has 1 amide bonds. The summed E-state index contributed by atoms with van der Waals surface area (Å²) in [4.78, 5) is 16.0. The number of nitrogens with zero attached hydrogens (tertiary/aromatic N) is 2. The van der Waals surface area contributed by atoms with Crippen molar-refractivity contribution in [3.8, 4) is 0 Å². The van der Waals surface area contributed by atoms with Crippen LogP contribution in [0.25, 0.3) is 0 Å². The first-order valence-corrected chi connectivity index (χ1v) is 7.50. The molecule has 0 radical (unpaired) electrons. The van der Waals surface area contributed by atoms with Crippen LogP contribution in [0.4, 0.5) is 4.79 Å². The van der Waals surface area contributed by atoms with Crippen LogP contribution < -0.4 is 5.32 Å². The first kappa shape index (κ1) is 15.8. The molecular formula is C16H25N3O2. The first-order chi connectivity index (χ1) is 10.2. The van der Waals surface area contributed by atoms with Gasteiger partial charge in [0, 0.05) is 45.3 Å². The van der Waals surface area contributed by atoms with Crippen LogP contribution in [0.1, 0.15) is 12.5 Å². The third kappa shape index (κ3) is 5.36. The molecule has 1 aliphatic rings. The van der Waals surface area contributed by atoms with E-state index in [-0.39, 0.29) is 12.1 Å². The van der Waals surface area contributed by atoms with Gasteiger partial charge in [0.25, 0.3) is 0 Å². The van der Waals surface area contributed by atoms with Crippen LogP contribution in [-0.2, 0) is 11.3 Å². The summed E-state index contributed by atoms with van der Waals surface area (Å²) in [5.41, 5.74) is 1.37. The van der Waals surface area contributed by atoms with E-state index in [9.17, 15) is 4.79 Å². The monoisotopic (exact) mass is 291 g/mol. The summed E-state index contributed by atoms with van der Waals surface area (Å²) in [6.45, 7) is 8.12. The molecule has 116 valence electrons. The highest BCUT2D eigenvalue weighted by Gasteiger charge is 2.19. The molecule has 1 heterocycles. The molecule has 1 aliphatic heterocycles. The molecule has 1 N–H and O–H groups in total. The largest absolute Gasteiger partial charge is 0.453 e. The summed E-state index contributed by atoms with van der Waals surface area (Å²) in [5, 5.41) is 2.81. The molecule has 0 unspecified atom stereocenters. The second-order valence-corrected chi connectivity index (χ2v) is 5.60. The van der Waals surface area contributed by atoms with Crippen molar-refractivity contribution in [3.63, 3.8) is 0 Å². The van der Waals surface area contributed by atoms with Crippen molar-refractivity contribution in [2.75, 3.05) is 39.8 Å². The Morgan fingerprint density at radius 2 is 1.81 bits per heavy atom. The van der Waals surface area contributed by atoms with Gasteiger partial charge < -0.3 is 10.1 Å². The highest BCUT2D eigenvalue weighted by Crippen LogP contribution is 2.08. The van der Waals surface area contributed by atoms with Crippen molar-refractivity contribution in [2.45, 2.75) is 19.5 Å². The van der Waals surface area contributed by atoms with Gasteiger partial charge in [0.15, 0.2) is 0 Å². The van der Waals surface area contributed by atoms with E-state index in [4.69, 9.17) is 0 Å². The Balaban J connectivity index is 1.69. The summed E-state index contributed by atoms with van der Waals surface area (Å²) >= 11 is 0. The molecule has 1 saturated heterocycles. The average Bonchev–Trinajstić information content (AvgIpc) is 2.50. The topological polar surface area (TPSA) is 44.8 Å². The molecule has 5 heteroatoms. The predicted molar refractivity (Wildman–Crippen MR) is 83.2 cm³/mol. The molecular weight excluding hydrogens is 266 g/mol. The molecule has 0 aliphatic carbocycles. The summed E-state index contributed by atoms with van der Waals surface area (Å²) in [6, 6.07) is 10.7. The lowest BCUT2D eigenvalue weighted by molar-refractivity contribution is 0.116. The number of hydrogen-bond donors (Lipinski definition) is 1. The Kier molecular flexibility index (Phi) is 6.02. The minimum absolute atomic E-state index is 0.109. The van der Waals surface area contributed by atoms with Gasteiger partial charge in [-0.3, -0.25) is 9.80 Å². The fourth-order valence-corrected chi connectivity index (χ4v) is 2.66. The van der Waals surface area contributed by atoms with E-state index < -0.39 is 0 Å². The zero-order valence-corrected chi connectivity index (χ0v) is 12.9. The molecule has 2 rings (SSSR count). The summed E-state index contributed by atoms with van der Waals surface area (Å²) in [5.74, 6) is 0. The van der Waals surface area contributed by atoms with Gasteiger partial charge in [-0.2, -0.15) is 0 Å². The van der Waals surface area contributed by atoms with E-state index in [2.05, 4.69) is 50.2 Å². The van der Waals surface area contributed by atoms with Crippen molar-refractivity contribution in [1.82, 2.24) is 15.1 Å². The Bertz CT molecular complexity index is 430. The molecule has 21 heavy (non-hydrogen) atoms. The first-order valence-electron chi connectivity index (χ1n) is 7.50. The van der Waals surface area contributed by atoms with Gasteiger partial charge in [0.2, 0.25) is 0 Å². The number of piperazine rings is 1. The van der Waals surface area contributed by atoms with Crippen LogP contribution in [0, 0.1) is 0 Å². The normalized spacial score (nSPS) is 18.2. The van der Waals surface area contributed by atoms with Gasteiger partial charge in [-0.1, -0.05) is 30.3 Å². The summed E-state index contributed by atoms with van der Waals surface area (Å²) < 4.78 is 4.62. The van der Waals surface area contributed by atoms with Gasteiger partial charge in [-0.15, -0.1) is 0 Å². The van der Waals surface area contributed by atoms with Crippen LogP contribution in [0.5, 0.6) is 0 Å². The van der Waals surface area contributed by atoms with Crippen LogP contribution in [-0.4, -0.2) is 61.8 Å². The van der Waals surface area contributed by atoms with Crippen molar-refractivity contribution in [3.05, 3.63) is 35.9 Å². The molecule has 1 aromatic rings. The number of carbonyl (C=O) groups excluding carboxylic acids is 1. The SMILES string of the molecule is COC(=O)N[C@@H](C)CN1CCN(Cc2ccccc2)CC1. The van der Waals surface area contributed by atoms with E-state index >= 15 is 0 Å². The van der Waals surface area contributed by atoms with Crippen molar-refractivity contribution in [1.29, 1.82) is 0 Å². The Hall–Kier alpha value is -1.59. The maximum atomic E-state index is 11.2. The Labute approximate surface area is 126 Å². The molecule has 0 spiro atoms. The molecule has 0 aromatic heterocycles. The maximum Gasteiger partial charge on any atom is 0.407 e. The quantitative estimate of drug-likeness (QED) is 0.894. The van der Waals surface area contributed by atoms with E-state index in [0.717, 1.165) is 39.3 Å². The molecule has 0 saturated carbocycles. The van der Waals surface area contributed by atoms with Crippen molar-refractivity contribution in [2.24, 2.45) is 0 Å². The zero-order chi connectivity index (χ0) is 15.1. The van der Waals surface area contributed by atoms with Gasteiger partial charge in [0.1, 0.15) is 0 Å². The van der Waals surface area contributed by atoms with Gasteiger partial charge in [0.05, 0.1) is 7.11 Å². The fourth-order valence-electron chi connectivity index (χ4n) is 2.66. The Morgan fingerprint density at radius 1 is 1.19 bits per heavy atom. The summed E-state index contributed by atoms with van der Waals surface area (Å²) in [6.07, 6.45) is -0.356. The lowest BCUT2D eigenvalue weighted by Gasteiger charge is -2.35. The minimum Gasteiger partial charge on any atom is -0.453 e. The third-order valence-electron chi connectivity index (χ3n) is 3.80. The molecule has 1 aromatic carbocycles. The molecule has 0 bridgehead atoms. The third-order valence-corrected chi connectivity index (χ3v) is 3.80. The number of alkyl carbamates (subject to hydrolysis) is 1. The molecule has 1 atom stereocenters. The highest BCUT2D eigenvalue weighted by atomic mass is 16.5. The standard InChI is InChI=1S/C16H25N3O2/c1-14(17-16(20)21-2)12-18-8-10-19(11-9-18)13-15-6-4-3-5-7-15/h3-7,14H,8-13H2,1-2H3,(H,17,20)/t14-/m0/s1. The van der Waals surface area contributed by atoms with Crippen LogP contribution >= 0.6 is 0 Å². The van der Waals surface area contributed by atoms with Crippen molar-refractivity contribution >= 4 is 6.09 Å². The smallest absolute Gasteiger partial charge is 0.407 e. The Morgan fingerprint density at radius 3 is 2.43 bits per heavy atom. The number of carbonyl (C=O) groups is 1. The van der Waals surface area contributed by atoms with Crippen LogP contribution in [0.2, 0.25) is 0 Å². The second-order valence-electron chi connectivity index (χ2n) is 5.60. The zero-order valence-electron chi connectivity index (χ0n) is 12.9. The predicted octanol–water partition coefficient (Wildman–Crippen LogP) is 1.55. The van der Waals surface area contributed by atoms with E-state index in [0.29, 0.717) is 0 Å². The number of hydrogen-bond acceptors (Lipinski definition) is 4. The second kappa shape index (κ2) is 8.00. The maximum absolute atomic E-state index is 11.2. The summed E-state index contributed by atoms with van der Waals surface area (Å²) in [7, 11) is 1.39. The number of amides is 1. The lowest BCUT2D eigenvalue weighted by atomic mass is 10.2.